The first kappa shape index (κ1) is 18.7. The van der Waals surface area contributed by atoms with Crippen molar-refractivity contribution < 1.29 is 8.42 Å². The molecule has 0 aliphatic rings. The molecule has 0 spiro atoms. The lowest BCUT2D eigenvalue weighted by Crippen LogP contribution is -2.15. The van der Waals surface area contributed by atoms with E-state index in [1.165, 1.54) is 0 Å². The summed E-state index contributed by atoms with van der Waals surface area (Å²) in [6.45, 7) is 9.62. The van der Waals surface area contributed by atoms with Gasteiger partial charge in [0.1, 0.15) is 0 Å². The average Bonchev–Trinajstić information content (AvgIpc) is 2.85. The Hall–Kier alpha value is -2.12. The minimum absolute atomic E-state index is 0.0229. The van der Waals surface area contributed by atoms with Gasteiger partial charge >= 0.3 is 4.87 Å². The summed E-state index contributed by atoms with van der Waals surface area (Å²) in [6, 6.07) is 8.74. The predicted molar refractivity (Wildman–Crippen MR) is 108 cm³/mol. The number of aryl methyl sites for hydroxylation is 3. The number of nitrogens with one attached hydrogen (secondary N) is 1. The number of anilines is 1. The molecule has 0 bridgehead atoms. The van der Waals surface area contributed by atoms with Gasteiger partial charge in [-0.25, -0.2) is 8.42 Å². The molecule has 0 radical (unpaired) electrons. The molecule has 5 nitrogen and oxygen atoms in total. The third-order valence-electron chi connectivity index (χ3n) is 4.32. The second-order valence-corrected chi connectivity index (χ2v) is 9.52. The number of nitrogens with zero attached hydrogens (tertiary/aromatic N) is 1. The van der Waals surface area contributed by atoms with Gasteiger partial charge in [-0.2, -0.15) is 0 Å². The van der Waals surface area contributed by atoms with Crippen LogP contribution < -0.4 is 9.60 Å². The summed E-state index contributed by atoms with van der Waals surface area (Å²) < 4.78 is 30.8. The Bertz CT molecular complexity index is 1130. The Morgan fingerprint density at radius 1 is 1.04 bits per heavy atom. The van der Waals surface area contributed by atoms with Crippen molar-refractivity contribution in [1.82, 2.24) is 4.57 Å². The molecule has 138 valence electrons. The maximum absolute atomic E-state index is 12.9. The highest BCUT2D eigenvalue weighted by molar-refractivity contribution is 7.92. The molecule has 0 aliphatic heterocycles. The molecule has 7 heteroatoms. The van der Waals surface area contributed by atoms with Gasteiger partial charge in [-0.15, -0.1) is 0 Å². The van der Waals surface area contributed by atoms with Crippen molar-refractivity contribution in [2.45, 2.75) is 45.6 Å². The van der Waals surface area contributed by atoms with E-state index < -0.39 is 10.0 Å². The Labute approximate surface area is 157 Å². The Balaban J connectivity index is 2.07. The van der Waals surface area contributed by atoms with Crippen LogP contribution in [0.25, 0.3) is 10.2 Å². The molecular weight excluding hydrogens is 368 g/mol. The largest absolute Gasteiger partial charge is 0.308 e. The highest BCUT2D eigenvalue weighted by atomic mass is 32.2. The molecule has 3 aromatic rings. The predicted octanol–water partition coefficient (Wildman–Crippen LogP) is 4.37. The van der Waals surface area contributed by atoms with Gasteiger partial charge in [-0.3, -0.25) is 14.1 Å². The second-order valence-electron chi connectivity index (χ2n) is 6.84. The van der Waals surface area contributed by atoms with Gasteiger partial charge < -0.3 is 0 Å². The molecule has 0 amide bonds. The number of hydrogen-bond donors (Lipinski definition) is 1. The lowest BCUT2D eigenvalue weighted by molar-refractivity contribution is 0.601. The molecule has 2 aromatic carbocycles. The Morgan fingerprint density at radius 3 is 2.23 bits per heavy atom. The SMILES string of the molecule is Cc1cc(C)c(NS(=O)(=O)c2ccc3c(c2)sc(=O)n3C(C)C)c(C)c1. The van der Waals surface area contributed by atoms with Crippen molar-refractivity contribution in [2.75, 3.05) is 4.72 Å². The molecular formula is C19H22N2O3S2. The quantitative estimate of drug-likeness (QED) is 0.719. The van der Waals surface area contributed by atoms with Crippen molar-refractivity contribution in [1.29, 1.82) is 0 Å². The van der Waals surface area contributed by atoms with Gasteiger partial charge in [0.05, 0.1) is 20.8 Å². The fourth-order valence-electron chi connectivity index (χ4n) is 3.21. The second kappa shape index (κ2) is 6.55. The standard InChI is InChI=1S/C19H22N2O3S2/c1-11(2)21-16-7-6-15(10-17(16)25-19(21)22)26(23,24)20-18-13(4)8-12(3)9-14(18)5/h6-11,20H,1-5H3. The number of sulfonamides is 1. The molecule has 26 heavy (non-hydrogen) atoms. The average molecular weight is 391 g/mol. The molecule has 0 unspecified atom stereocenters. The fourth-order valence-corrected chi connectivity index (χ4v) is 5.56. The van der Waals surface area contributed by atoms with Crippen LogP contribution in [0.3, 0.4) is 0 Å². The van der Waals surface area contributed by atoms with Crippen molar-refractivity contribution >= 4 is 37.3 Å². The van der Waals surface area contributed by atoms with Crippen molar-refractivity contribution in [3.05, 3.63) is 56.7 Å². The van der Waals surface area contributed by atoms with Crippen LogP contribution in [0.5, 0.6) is 0 Å². The van der Waals surface area contributed by atoms with E-state index in [-0.39, 0.29) is 15.8 Å². The van der Waals surface area contributed by atoms with Gasteiger partial charge in [-0.05, 0) is 63.9 Å². The van der Waals surface area contributed by atoms with Crippen molar-refractivity contribution in [3.8, 4) is 0 Å². The first-order chi connectivity index (χ1) is 12.1. The monoisotopic (exact) mass is 390 g/mol. The van der Waals surface area contributed by atoms with Crippen molar-refractivity contribution in [2.24, 2.45) is 0 Å². The van der Waals surface area contributed by atoms with Crippen LogP contribution in [0, 0.1) is 20.8 Å². The molecule has 0 fully saturated rings. The highest BCUT2D eigenvalue weighted by Gasteiger charge is 2.19. The lowest BCUT2D eigenvalue weighted by Gasteiger charge is -2.14. The lowest BCUT2D eigenvalue weighted by atomic mass is 10.1. The number of hydrogen-bond acceptors (Lipinski definition) is 4. The zero-order valence-corrected chi connectivity index (χ0v) is 17.1. The maximum atomic E-state index is 12.9. The molecule has 1 N–H and O–H groups in total. The highest BCUT2D eigenvalue weighted by Crippen LogP contribution is 2.28. The molecule has 3 rings (SSSR count). The van der Waals surface area contributed by atoms with Gasteiger partial charge in [0.2, 0.25) is 0 Å². The van der Waals surface area contributed by atoms with Crippen LogP contribution in [0.1, 0.15) is 36.6 Å². The van der Waals surface area contributed by atoms with Crippen LogP contribution in [0.2, 0.25) is 0 Å². The van der Waals surface area contributed by atoms with Gasteiger partial charge in [0.15, 0.2) is 0 Å². The van der Waals surface area contributed by atoms with Gasteiger partial charge in [0, 0.05) is 6.04 Å². The summed E-state index contributed by atoms with van der Waals surface area (Å²) in [5.41, 5.74) is 4.20. The number of fused-ring (bicyclic) bond motifs is 1. The molecule has 1 aromatic heterocycles. The van der Waals surface area contributed by atoms with E-state index in [4.69, 9.17) is 0 Å². The van der Waals surface area contributed by atoms with Crippen LogP contribution in [0.4, 0.5) is 5.69 Å². The minimum atomic E-state index is -3.74. The van der Waals surface area contributed by atoms with E-state index in [0.717, 1.165) is 33.5 Å². The number of rotatable bonds is 4. The molecule has 0 saturated heterocycles. The van der Waals surface area contributed by atoms with Gasteiger partial charge in [-0.1, -0.05) is 29.0 Å². The van der Waals surface area contributed by atoms with E-state index in [0.29, 0.717) is 10.4 Å². The van der Waals surface area contributed by atoms with E-state index in [2.05, 4.69) is 4.72 Å². The number of aromatic nitrogens is 1. The number of benzene rings is 2. The summed E-state index contributed by atoms with van der Waals surface area (Å²) in [4.78, 5) is 12.2. The van der Waals surface area contributed by atoms with Crippen LogP contribution in [-0.4, -0.2) is 13.0 Å². The van der Waals surface area contributed by atoms with Gasteiger partial charge in [0.25, 0.3) is 10.0 Å². The fraction of sp³-hybridized carbons (Fsp3) is 0.316. The summed E-state index contributed by atoms with van der Waals surface area (Å²) in [5.74, 6) is 0. The zero-order valence-electron chi connectivity index (χ0n) is 15.5. The molecule has 0 aliphatic carbocycles. The smallest absolute Gasteiger partial charge is 0.296 e. The topological polar surface area (TPSA) is 68.2 Å². The first-order valence-corrected chi connectivity index (χ1v) is 10.7. The van der Waals surface area contributed by atoms with E-state index in [1.807, 2.05) is 46.8 Å². The van der Waals surface area contributed by atoms with E-state index in [9.17, 15) is 13.2 Å². The van der Waals surface area contributed by atoms with Crippen LogP contribution in [0.15, 0.2) is 40.0 Å². The van der Waals surface area contributed by atoms with Crippen LogP contribution in [-0.2, 0) is 10.0 Å². The summed E-state index contributed by atoms with van der Waals surface area (Å²) >= 11 is 1.07. The third kappa shape index (κ3) is 3.29. The summed E-state index contributed by atoms with van der Waals surface area (Å²) in [7, 11) is -3.74. The van der Waals surface area contributed by atoms with Crippen molar-refractivity contribution in [3.63, 3.8) is 0 Å². The molecule has 0 atom stereocenters. The third-order valence-corrected chi connectivity index (χ3v) is 6.59. The summed E-state index contributed by atoms with van der Waals surface area (Å²) in [6.07, 6.45) is 0. The Morgan fingerprint density at radius 2 is 1.65 bits per heavy atom. The van der Waals surface area contributed by atoms with E-state index in [1.54, 1.807) is 22.8 Å². The first-order valence-electron chi connectivity index (χ1n) is 8.36. The number of thiazole rings is 1. The summed E-state index contributed by atoms with van der Waals surface area (Å²) in [5, 5.41) is 0. The molecule has 1 heterocycles. The van der Waals surface area contributed by atoms with Crippen LogP contribution >= 0.6 is 11.3 Å². The minimum Gasteiger partial charge on any atom is -0.296 e. The Kier molecular flexibility index (Phi) is 4.71. The maximum Gasteiger partial charge on any atom is 0.308 e. The van der Waals surface area contributed by atoms with E-state index >= 15 is 0 Å². The normalized spacial score (nSPS) is 12.1. The molecule has 0 saturated carbocycles. The zero-order chi connectivity index (χ0) is 19.2.